The number of allylic oxidation sites excluding steroid dienone is 1. The van der Waals surface area contributed by atoms with Crippen LogP contribution in [0.25, 0.3) is 0 Å². The standard InChI is InChI=1S/C9H15BrO2/c1-7(10)5-6-8(11)12-9(2,3)4/h5-7H,1-4H3/b6-5+/t7-/m0/s1. The fourth-order valence-corrected chi connectivity index (χ4v) is 0.700. The van der Waals surface area contributed by atoms with Crippen molar-refractivity contribution in [3.05, 3.63) is 12.2 Å². The van der Waals surface area contributed by atoms with Crippen LogP contribution in [-0.4, -0.2) is 16.4 Å². The molecular weight excluding hydrogens is 220 g/mol. The molecule has 0 aliphatic carbocycles. The zero-order valence-electron chi connectivity index (χ0n) is 7.93. The molecule has 0 saturated carbocycles. The van der Waals surface area contributed by atoms with Gasteiger partial charge in [0.15, 0.2) is 0 Å². The van der Waals surface area contributed by atoms with Gasteiger partial charge in [-0.25, -0.2) is 4.79 Å². The zero-order valence-corrected chi connectivity index (χ0v) is 9.51. The molecule has 0 aromatic carbocycles. The summed E-state index contributed by atoms with van der Waals surface area (Å²) in [6, 6.07) is 0. The minimum atomic E-state index is -0.406. The molecule has 0 bridgehead atoms. The molecule has 0 unspecified atom stereocenters. The van der Waals surface area contributed by atoms with Crippen molar-refractivity contribution < 1.29 is 9.53 Å². The van der Waals surface area contributed by atoms with E-state index in [1.807, 2.05) is 27.7 Å². The third-order valence-electron chi connectivity index (χ3n) is 0.904. The molecule has 2 nitrogen and oxygen atoms in total. The predicted molar refractivity (Wildman–Crippen MR) is 53.4 cm³/mol. The molecule has 0 N–H and O–H groups in total. The second kappa shape index (κ2) is 4.65. The molecule has 0 aromatic heterocycles. The second-order valence-corrected chi connectivity index (χ2v) is 5.01. The molecule has 70 valence electrons. The average molecular weight is 235 g/mol. The first-order valence-electron chi connectivity index (χ1n) is 3.86. The molecule has 0 heterocycles. The van der Waals surface area contributed by atoms with Gasteiger partial charge in [0.1, 0.15) is 5.60 Å². The molecule has 0 aliphatic heterocycles. The molecule has 0 saturated heterocycles. The van der Waals surface area contributed by atoms with Crippen molar-refractivity contribution in [2.75, 3.05) is 0 Å². The van der Waals surface area contributed by atoms with Crippen molar-refractivity contribution in [1.29, 1.82) is 0 Å². The number of hydrogen-bond donors (Lipinski definition) is 0. The number of halogens is 1. The summed E-state index contributed by atoms with van der Waals surface area (Å²) in [6.07, 6.45) is 3.18. The van der Waals surface area contributed by atoms with Crippen LogP contribution in [0.15, 0.2) is 12.2 Å². The molecule has 0 radical (unpaired) electrons. The Kier molecular flexibility index (Phi) is 4.53. The molecule has 12 heavy (non-hydrogen) atoms. The maximum Gasteiger partial charge on any atom is 0.330 e. The lowest BCUT2D eigenvalue weighted by atomic mass is 10.2. The van der Waals surface area contributed by atoms with Crippen molar-refractivity contribution in [2.24, 2.45) is 0 Å². The van der Waals surface area contributed by atoms with Crippen LogP contribution < -0.4 is 0 Å². The van der Waals surface area contributed by atoms with Crippen molar-refractivity contribution >= 4 is 21.9 Å². The number of hydrogen-bond acceptors (Lipinski definition) is 2. The highest BCUT2D eigenvalue weighted by atomic mass is 79.9. The normalized spacial score (nSPS) is 14.8. The predicted octanol–water partition coefficient (Wildman–Crippen LogP) is 2.67. The SMILES string of the molecule is C[C@H](Br)/C=C/C(=O)OC(C)(C)C. The number of esters is 1. The van der Waals surface area contributed by atoms with Gasteiger partial charge in [-0.15, -0.1) is 0 Å². The Hall–Kier alpha value is -0.310. The first kappa shape index (κ1) is 11.7. The Balaban J connectivity index is 3.91. The van der Waals surface area contributed by atoms with Gasteiger partial charge in [0, 0.05) is 10.9 Å². The molecule has 0 aliphatic rings. The Morgan fingerprint density at radius 2 is 2.00 bits per heavy atom. The van der Waals surface area contributed by atoms with Gasteiger partial charge in [-0.05, 0) is 27.7 Å². The van der Waals surface area contributed by atoms with Crippen LogP contribution >= 0.6 is 15.9 Å². The van der Waals surface area contributed by atoms with Crippen LogP contribution in [0, 0.1) is 0 Å². The van der Waals surface area contributed by atoms with E-state index in [1.54, 1.807) is 6.08 Å². The van der Waals surface area contributed by atoms with Crippen LogP contribution in [0.1, 0.15) is 27.7 Å². The van der Waals surface area contributed by atoms with Gasteiger partial charge in [-0.2, -0.15) is 0 Å². The third kappa shape index (κ3) is 7.79. The fraction of sp³-hybridized carbons (Fsp3) is 0.667. The van der Waals surface area contributed by atoms with Gasteiger partial charge in [0.05, 0.1) is 0 Å². The highest BCUT2D eigenvalue weighted by molar-refractivity contribution is 9.09. The van der Waals surface area contributed by atoms with Crippen LogP contribution in [0.5, 0.6) is 0 Å². The second-order valence-electron chi connectivity index (χ2n) is 3.57. The Bertz CT molecular complexity index is 177. The highest BCUT2D eigenvalue weighted by Crippen LogP contribution is 2.07. The molecule has 0 amide bonds. The van der Waals surface area contributed by atoms with E-state index in [-0.39, 0.29) is 10.8 Å². The van der Waals surface area contributed by atoms with Gasteiger partial charge < -0.3 is 4.74 Å². The van der Waals surface area contributed by atoms with Crippen LogP contribution in [0.3, 0.4) is 0 Å². The van der Waals surface area contributed by atoms with E-state index in [4.69, 9.17) is 4.74 Å². The third-order valence-corrected chi connectivity index (χ3v) is 1.21. The number of alkyl halides is 1. The summed E-state index contributed by atoms with van der Waals surface area (Å²) < 4.78 is 5.04. The lowest BCUT2D eigenvalue weighted by molar-refractivity contribution is -0.148. The first-order valence-corrected chi connectivity index (χ1v) is 4.78. The van der Waals surface area contributed by atoms with E-state index in [2.05, 4.69) is 15.9 Å². The zero-order chi connectivity index (χ0) is 9.78. The number of carbonyl (C=O) groups excluding carboxylic acids is 1. The van der Waals surface area contributed by atoms with Gasteiger partial charge in [-0.3, -0.25) is 0 Å². The molecule has 3 heteroatoms. The minimum Gasteiger partial charge on any atom is -0.457 e. The maximum absolute atomic E-state index is 11.0. The fourth-order valence-electron chi connectivity index (χ4n) is 0.547. The van der Waals surface area contributed by atoms with Crippen molar-refractivity contribution in [3.8, 4) is 0 Å². The van der Waals surface area contributed by atoms with Crippen molar-refractivity contribution in [3.63, 3.8) is 0 Å². The summed E-state index contributed by atoms with van der Waals surface area (Å²) in [6.45, 7) is 7.46. The van der Waals surface area contributed by atoms with E-state index in [1.165, 1.54) is 6.08 Å². The topological polar surface area (TPSA) is 26.3 Å². The summed E-state index contributed by atoms with van der Waals surface area (Å²) in [5.41, 5.74) is -0.406. The largest absolute Gasteiger partial charge is 0.457 e. The van der Waals surface area contributed by atoms with Crippen LogP contribution in [-0.2, 0) is 9.53 Å². The Morgan fingerprint density at radius 1 is 1.50 bits per heavy atom. The average Bonchev–Trinajstić information content (AvgIpc) is 1.79. The Labute approximate surface area is 82.1 Å². The van der Waals surface area contributed by atoms with Gasteiger partial charge in [0.25, 0.3) is 0 Å². The van der Waals surface area contributed by atoms with Crippen molar-refractivity contribution in [1.82, 2.24) is 0 Å². The number of carbonyl (C=O) groups is 1. The van der Waals surface area contributed by atoms with Crippen molar-refractivity contribution in [2.45, 2.75) is 38.1 Å². The Morgan fingerprint density at radius 3 is 2.33 bits per heavy atom. The van der Waals surface area contributed by atoms with Crippen LogP contribution in [0.2, 0.25) is 0 Å². The summed E-state index contributed by atoms with van der Waals surface area (Å²) in [5.74, 6) is -0.297. The lowest BCUT2D eigenvalue weighted by Crippen LogP contribution is -2.22. The molecule has 0 spiro atoms. The summed E-state index contributed by atoms with van der Waals surface area (Å²) in [4.78, 5) is 11.2. The maximum atomic E-state index is 11.0. The monoisotopic (exact) mass is 234 g/mol. The van der Waals surface area contributed by atoms with E-state index >= 15 is 0 Å². The van der Waals surface area contributed by atoms with Gasteiger partial charge in [0.2, 0.25) is 0 Å². The molecule has 0 fully saturated rings. The van der Waals surface area contributed by atoms with Crippen LogP contribution in [0.4, 0.5) is 0 Å². The minimum absolute atomic E-state index is 0.199. The number of rotatable bonds is 2. The summed E-state index contributed by atoms with van der Waals surface area (Å²) in [7, 11) is 0. The molecule has 1 atom stereocenters. The van der Waals surface area contributed by atoms with E-state index < -0.39 is 5.60 Å². The summed E-state index contributed by atoms with van der Waals surface area (Å²) in [5, 5.41) is 0. The quantitative estimate of drug-likeness (QED) is 0.418. The molecule has 0 rings (SSSR count). The first-order chi connectivity index (χ1) is 5.31. The lowest BCUT2D eigenvalue weighted by Gasteiger charge is -2.17. The number of ether oxygens (including phenoxy) is 1. The van der Waals surface area contributed by atoms with E-state index in [0.29, 0.717) is 0 Å². The van der Waals surface area contributed by atoms with E-state index in [9.17, 15) is 4.79 Å². The summed E-state index contributed by atoms with van der Waals surface area (Å²) >= 11 is 3.29. The molecule has 0 aromatic rings. The molecular formula is C9H15BrO2. The van der Waals surface area contributed by atoms with Gasteiger partial charge >= 0.3 is 5.97 Å². The van der Waals surface area contributed by atoms with E-state index in [0.717, 1.165) is 0 Å². The smallest absolute Gasteiger partial charge is 0.330 e. The highest BCUT2D eigenvalue weighted by Gasteiger charge is 2.13. The van der Waals surface area contributed by atoms with Gasteiger partial charge in [-0.1, -0.05) is 22.0 Å².